The first-order valence-corrected chi connectivity index (χ1v) is 9.83. The molecule has 1 aliphatic carbocycles. The molecule has 2 aromatic heterocycles. The topological polar surface area (TPSA) is 25.8 Å². The van der Waals surface area contributed by atoms with Crippen LogP contribution in [0.3, 0.4) is 0 Å². The second kappa shape index (κ2) is 8.59. The molecule has 1 aromatic carbocycles. The summed E-state index contributed by atoms with van der Waals surface area (Å²) in [5, 5.41) is 0. The molecule has 2 heterocycles. The smallest absolute Gasteiger partial charge is 0.316 e. The zero-order valence-corrected chi connectivity index (χ0v) is 20.0. The van der Waals surface area contributed by atoms with Gasteiger partial charge in [0.05, 0.1) is 0 Å². The van der Waals surface area contributed by atoms with Crippen LogP contribution in [0.4, 0.5) is 8.78 Å². The summed E-state index contributed by atoms with van der Waals surface area (Å²) >= 11 is 0. The molecule has 0 saturated carbocycles. The van der Waals surface area contributed by atoms with Gasteiger partial charge in [-0.25, -0.2) is 0 Å². The van der Waals surface area contributed by atoms with E-state index in [-0.39, 0.29) is 32.0 Å². The Morgan fingerprint density at radius 1 is 0.935 bits per heavy atom. The molecule has 0 aliphatic heterocycles. The maximum atomic E-state index is 14.2. The van der Waals surface area contributed by atoms with Crippen molar-refractivity contribution in [2.75, 3.05) is 0 Å². The first-order chi connectivity index (χ1) is 14.2. The molecule has 0 spiro atoms. The van der Waals surface area contributed by atoms with Crippen molar-refractivity contribution >= 4 is 5.57 Å². The van der Waals surface area contributed by atoms with Crippen molar-refractivity contribution in [3.63, 3.8) is 0 Å². The van der Waals surface area contributed by atoms with Crippen molar-refractivity contribution in [2.24, 2.45) is 5.41 Å². The van der Waals surface area contributed by atoms with Crippen molar-refractivity contribution in [1.82, 2.24) is 9.97 Å². The van der Waals surface area contributed by atoms with Gasteiger partial charge in [0, 0.05) is 28.4 Å². The van der Waals surface area contributed by atoms with Gasteiger partial charge in [-0.2, -0.15) is 17.7 Å². The van der Waals surface area contributed by atoms with Gasteiger partial charge in [-0.05, 0) is 37.4 Å². The summed E-state index contributed by atoms with van der Waals surface area (Å²) in [4.78, 5) is 9.54. The molecule has 3 aromatic rings. The van der Waals surface area contributed by atoms with Crippen LogP contribution in [-0.4, -0.2) is 9.97 Å². The summed E-state index contributed by atoms with van der Waals surface area (Å²) < 4.78 is 27.5. The molecule has 160 valence electrons. The molecule has 0 unspecified atom stereocenters. The number of benzene rings is 1. The van der Waals surface area contributed by atoms with Crippen molar-refractivity contribution in [1.29, 1.82) is 0 Å². The van der Waals surface area contributed by atoms with Crippen LogP contribution in [0.2, 0.25) is 0 Å². The molecular formula is C26H22F2N2Pt. The summed E-state index contributed by atoms with van der Waals surface area (Å²) in [5.74, 6) is -1.35. The predicted octanol–water partition coefficient (Wildman–Crippen LogP) is 6.33. The Hall–Kier alpha value is -2.45. The van der Waals surface area contributed by atoms with E-state index < -0.39 is 17.0 Å². The standard InChI is InChI=1S/C26H22F2N2.Pt/c1-25(2)14-13-17(16-25)21-7-5-9-23(29-21)26(3,4)24-10-6-8-22(30-24)19-12-11-18(27)15-20(19)28;/h5-11,13-15H,1-4H3;/q-2;+2. The zero-order chi connectivity index (χ0) is 21.5. The Bertz CT molecular complexity index is 1180. The second-order valence-electron chi connectivity index (χ2n) is 8.58. The van der Waals surface area contributed by atoms with Gasteiger partial charge >= 0.3 is 21.1 Å². The van der Waals surface area contributed by atoms with Crippen LogP contribution in [-0.2, 0) is 26.5 Å². The molecule has 0 atom stereocenters. The molecule has 5 heteroatoms. The number of nitrogens with zero attached hydrogens (tertiary/aromatic N) is 2. The van der Waals surface area contributed by atoms with Crippen LogP contribution in [0.25, 0.3) is 16.8 Å². The van der Waals surface area contributed by atoms with Crippen LogP contribution < -0.4 is 0 Å². The van der Waals surface area contributed by atoms with Gasteiger partial charge in [-0.1, -0.05) is 55.2 Å². The molecule has 31 heavy (non-hydrogen) atoms. The minimum atomic E-state index is -0.685. The Morgan fingerprint density at radius 3 is 2.13 bits per heavy atom. The maximum absolute atomic E-state index is 14.2. The Labute approximate surface area is 196 Å². The fraction of sp³-hybridized carbons (Fsp3) is 0.231. The number of rotatable bonds is 4. The maximum Gasteiger partial charge on any atom is 2.00 e. The SMILES string of the molecule is CC1(C)[C-]=C(c2cccc(C(C)(C)c3cccc(-c4[c-]cc(F)cc4F)n3)n2)C=C1.[Pt+2]. The molecule has 0 radical (unpaired) electrons. The fourth-order valence-corrected chi connectivity index (χ4v) is 3.50. The summed E-state index contributed by atoms with van der Waals surface area (Å²) in [6.07, 6.45) is 7.62. The number of hydrogen-bond acceptors (Lipinski definition) is 2. The Morgan fingerprint density at radius 2 is 1.55 bits per heavy atom. The molecule has 0 N–H and O–H groups in total. The van der Waals surface area contributed by atoms with Crippen LogP contribution in [0.5, 0.6) is 0 Å². The van der Waals surface area contributed by atoms with E-state index in [0.717, 1.165) is 34.8 Å². The molecule has 1 aliphatic rings. The fourth-order valence-electron chi connectivity index (χ4n) is 3.50. The average Bonchev–Trinajstić information content (AvgIpc) is 3.08. The van der Waals surface area contributed by atoms with E-state index in [2.05, 4.69) is 37.0 Å². The first-order valence-electron chi connectivity index (χ1n) is 9.83. The number of pyridine rings is 2. The van der Waals surface area contributed by atoms with Gasteiger partial charge in [0.1, 0.15) is 0 Å². The van der Waals surface area contributed by atoms with Crippen molar-refractivity contribution < 1.29 is 29.8 Å². The van der Waals surface area contributed by atoms with Crippen molar-refractivity contribution in [3.8, 4) is 11.3 Å². The minimum absolute atomic E-state index is 0. The number of halogens is 2. The van der Waals surface area contributed by atoms with Crippen LogP contribution in [0.1, 0.15) is 44.8 Å². The monoisotopic (exact) mass is 595 g/mol. The second-order valence-corrected chi connectivity index (χ2v) is 8.58. The van der Waals surface area contributed by atoms with Gasteiger partial charge in [0.25, 0.3) is 0 Å². The molecular weight excluding hydrogens is 573 g/mol. The first kappa shape index (κ1) is 23.2. The van der Waals surface area contributed by atoms with Crippen molar-refractivity contribution in [3.05, 3.63) is 102 Å². The van der Waals surface area contributed by atoms with Gasteiger partial charge in [0.15, 0.2) is 0 Å². The molecule has 0 saturated heterocycles. The number of allylic oxidation sites excluding steroid dienone is 4. The van der Waals surface area contributed by atoms with Crippen LogP contribution in [0, 0.1) is 29.2 Å². The van der Waals surface area contributed by atoms with E-state index in [1.807, 2.05) is 50.3 Å². The van der Waals surface area contributed by atoms with E-state index in [0.29, 0.717) is 5.69 Å². The number of aromatic nitrogens is 2. The Balaban J connectivity index is 0.00000272. The molecule has 0 amide bonds. The molecule has 0 bridgehead atoms. The molecule has 2 nitrogen and oxygen atoms in total. The van der Waals surface area contributed by atoms with Gasteiger partial charge in [-0.3, -0.25) is 8.78 Å². The third-order valence-corrected chi connectivity index (χ3v) is 5.29. The normalized spacial score (nSPS) is 14.8. The summed E-state index contributed by atoms with van der Waals surface area (Å²) in [6, 6.07) is 15.9. The Kier molecular flexibility index (Phi) is 6.43. The van der Waals surface area contributed by atoms with E-state index in [4.69, 9.17) is 4.98 Å². The third-order valence-electron chi connectivity index (χ3n) is 5.29. The van der Waals surface area contributed by atoms with Crippen LogP contribution >= 0.6 is 0 Å². The molecule has 0 fully saturated rings. The minimum Gasteiger partial charge on any atom is -0.316 e. The summed E-state index contributed by atoms with van der Waals surface area (Å²) in [6.45, 7) is 8.27. The van der Waals surface area contributed by atoms with Crippen LogP contribution in [0.15, 0.2) is 60.7 Å². The largest absolute Gasteiger partial charge is 2.00 e. The third kappa shape index (κ3) is 4.75. The molecule has 4 rings (SSSR count). The summed E-state index contributed by atoms with van der Waals surface area (Å²) in [5.41, 5.74) is 3.34. The summed E-state index contributed by atoms with van der Waals surface area (Å²) in [7, 11) is 0. The average molecular weight is 596 g/mol. The van der Waals surface area contributed by atoms with Crippen molar-refractivity contribution in [2.45, 2.75) is 33.1 Å². The number of hydrogen-bond donors (Lipinski definition) is 0. The van der Waals surface area contributed by atoms with Gasteiger partial charge in [-0.15, -0.1) is 18.2 Å². The quantitative estimate of drug-likeness (QED) is 0.330. The van der Waals surface area contributed by atoms with E-state index in [1.165, 1.54) is 0 Å². The van der Waals surface area contributed by atoms with Gasteiger partial charge in [0.2, 0.25) is 0 Å². The van der Waals surface area contributed by atoms with Gasteiger partial charge < -0.3 is 9.97 Å². The predicted molar refractivity (Wildman–Crippen MR) is 114 cm³/mol. The van der Waals surface area contributed by atoms with E-state index in [1.54, 1.807) is 6.07 Å². The van der Waals surface area contributed by atoms with E-state index >= 15 is 0 Å². The van der Waals surface area contributed by atoms with E-state index in [9.17, 15) is 8.78 Å². The zero-order valence-electron chi connectivity index (χ0n) is 17.7.